The fourth-order valence-electron chi connectivity index (χ4n) is 5.41. The summed E-state index contributed by atoms with van der Waals surface area (Å²) in [4.78, 5) is 22.8. The average Bonchev–Trinajstić information content (AvgIpc) is 3.41. The number of nitro benzene ring substituents is 2. The Labute approximate surface area is 445 Å². The zero-order valence-electron chi connectivity index (χ0n) is 43.3. The van der Waals surface area contributed by atoms with E-state index >= 15 is 0 Å². The van der Waals surface area contributed by atoms with Gasteiger partial charge in [0.25, 0.3) is 11.4 Å². The lowest BCUT2D eigenvalue weighted by Gasteiger charge is -1.94. The van der Waals surface area contributed by atoms with Crippen molar-refractivity contribution in [2.75, 3.05) is 0 Å². The highest BCUT2D eigenvalue weighted by Crippen LogP contribution is 2.19. The third-order valence-electron chi connectivity index (χ3n) is 9.83. The molecule has 0 spiro atoms. The number of hydrogen-bond donors (Lipinski definition) is 0. The second kappa shape index (κ2) is 34.9. The van der Waals surface area contributed by atoms with Gasteiger partial charge in [0.15, 0.2) is 17.3 Å². The minimum atomic E-state index is -0.791. The first-order valence-corrected chi connectivity index (χ1v) is 22.7. The molecule has 8 aromatic rings. The third kappa shape index (κ3) is 26.3. The Morgan fingerprint density at radius 1 is 0.416 bits per heavy atom. The van der Waals surface area contributed by atoms with Crippen LogP contribution in [0.15, 0.2) is 170 Å². The van der Waals surface area contributed by atoms with E-state index in [4.69, 9.17) is 27.6 Å². The molecule has 390 valence electrons. The van der Waals surface area contributed by atoms with Gasteiger partial charge in [-0.2, -0.15) is 21.0 Å². The second-order valence-electron chi connectivity index (χ2n) is 16.2. The fraction of sp³-hybridized carbons (Fsp3) is 0.131. The van der Waals surface area contributed by atoms with Gasteiger partial charge in [0.05, 0.1) is 45.2 Å². The highest BCUT2D eigenvalue weighted by molar-refractivity contribution is 5.55. The van der Waals surface area contributed by atoms with Gasteiger partial charge in [0.2, 0.25) is 0 Å². The van der Waals surface area contributed by atoms with E-state index in [9.17, 15) is 42.2 Å². The van der Waals surface area contributed by atoms with Gasteiger partial charge in [-0.25, -0.2) is 26.8 Å². The summed E-state index contributed by atoms with van der Waals surface area (Å²) in [6.45, 7) is 21.4. The molecule has 8 aromatic carbocycles. The quantitative estimate of drug-likeness (QED) is 0.0708. The van der Waals surface area contributed by atoms with Crippen LogP contribution in [0.3, 0.4) is 0 Å². The topological polar surface area (TPSA) is 186 Å². The minimum Gasteiger partial charge on any atom is -0.258 e. The van der Waals surface area contributed by atoms with E-state index in [1.54, 1.807) is 93.6 Å². The van der Waals surface area contributed by atoms with Gasteiger partial charge in [0, 0.05) is 35.4 Å². The molecular formula is C61H52F5N7O4. The van der Waals surface area contributed by atoms with E-state index < -0.39 is 28.2 Å². The van der Waals surface area contributed by atoms with E-state index in [0.717, 1.165) is 51.6 Å². The van der Waals surface area contributed by atoms with Crippen molar-refractivity contribution in [2.24, 2.45) is 0 Å². The van der Waals surface area contributed by atoms with Gasteiger partial charge in [0.1, 0.15) is 29.6 Å². The lowest BCUT2D eigenvalue weighted by atomic mass is 10.1. The largest absolute Gasteiger partial charge is 0.272 e. The van der Waals surface area contributed by atoms with Crippen LogP contribution >= 0.6 is 0 Å². The predicted octanol–water partition coefficient (Wildman–Crippen LogP) is 16.5. The van der Waals surface area contributed by atoms with Gasteiger partial charge >= 0.3 is 0 Å². The molecule has 0 amide bonds. The highest BCUT2D eigenvalue weighted by Gasteiger charge is 2.06. The first kappa shape index (κ1) is 64.7. The normalized spacial score (nSPS) is 8.99. The van der Waals surface area contributed by atoms with Crippen molar-refractivity contribution in [3.05, 3.63) is 297 Å². The third-order valence-corrected chi connectivity index (χ3v) is 9.83. The van der Waals surface area contributed by atoms with Crippen molar-refractivity contribution >= 4 is 17.1 Å². The summed E-state index contributed by atoms with van der Waals surface area (Å²) in [5.41, 5.74) is 10.2. The predicted molar refractivity (Wildman–Crippen MR) is 288 cm³/mol. The van der Waals surface area contributed by atoms with Crippen molar-refractivity contribution in [3.63, 3.8) is 0 Å². The van der Waals surface area contributed by atoms with Crippen LogP contribution in [0.5, 0.6) is 0 Å². The summed E-state index contributed by atoms with van der Waals surface area (Å²) in [6.07, 6.45) is 0. The molecule has 0 aromatic heterocycles. The molecule has 0 aliphatic rings. The number of nitro groups is 2. The Morgan fingerprint density at radius 2 is 0.883 bits per heavy atom. The number of benzene rings is 8. The first-order valence-electron chi connectivity index (χ1n) is 22.7. The standard InChI is InChI=1S/2C9H6N2.C8H7N.2C7H6F2.C7H7F.2C7H7NO2/c1-7-3-4-8(6-10)5-9(7)11-2;1-7-2-3-8(5-10)9(4-7)6-11;1-7-2-4-8(6-9)5-3-7;1-5-2-3-6(8)4-7(5)9;1-5-2-3-6(8)7(9)4-5;1-6-2-4-7(8)5-3-6;1-6-2-4-7(5-3-6)8(9)10;1-6-4-2-3-5-7(6)8(9)10/h3-5H,1H3;2-4H,1H3;2-5H,1H3;2*2-4H,1H3;2-5H,1H3;2*2-5H,1H3. The Bertz CT molecular complexity index is 3340. The van der Waals surface area contributed by atoms with Gasteiger partial charge in [-0.05, 0) is 144 Å². The summed E-state index contributed by atoms with van der Waals surface area (Å²) < 4.78 is 60.9. The van der Waals surface area contributed by atoms with Crippen LogP contribution in [0.4, 0.5) is 39.0 Å². The molecule has 11 nitrogen and oxygen atoms in total. The molecule has 77 heavy (non-hydrogen) atoms. The number of nitriles is 4. The molecule has 0 unspecified atom stereocenters. The van der Waals surface area contributed by atoms with Crippen molar-refractivity contribution in [1.29, 1.82) is 21.0 Å². The molecule has 0 N–H and O–H groups in total. The van der Waals surface area contributed by atoms with Gasteiger partial charge in [-0.3, -0.25) is 20.2 Å². The van der Waals surface area contributed by atoms with Crippen LogP contribution in [0.1, 0.15) is 66.8 Å². The minimum absolute atomic E-state index is 0.144. The van der Waals surface area contributed by atoms with Crippen molar-refractivity contribution in [2.45, 2.75) is 55.4 Å². The van der Waals surface area contributed by atoms with E-state index in [1.807, 2.05) is 83.2 Å². The number of hydrogen-bond acceptors (Lipinski definition) is 8. The molecule has 0 atom stereocenters. The van der Waals surface area contributed by atoms with Crippen LogP contribution in [-0.2, 0) is 0 Å². The zero-order chi connectivity index (χ0) is 58.0. The monoisotopic (exact) mass is 1040 g/mol. The number of aryl methyl sites for hydroxylation is 8. The summed E-state index contributed by atoms with van der Waals surface area (Å²) in [7, 11) is 0. The Morgan fingerprint density at radius 3 is 1.31 bits per heavy atom. The number of rotatable bonds is 2. The van der Waals surface area contributed by atoms with Crippen LogP contribution in [-0.4, -0.2) is 9.85 Å². The SMILES string of the molecule is Cc1ccc(C#N)c(C#N)c1.Cc1ccc(C#N)cc1.Cc1ccc(F)c(F)c1.Cc1ccc(F)cc1.Cc1ccc(F)cc1F.Cc1ccc([N+](=O)[O-])cc1.Cc1ccccc1[N+](=O)[O-].[C-]#[N+]c1cc(C#N)ccc1C. The Balaban J connectivity index is 0.000000441. The molecule has 8 rings (SSSR count). The lowest BCUT2D eigenvalue weighted by molar-refractivity contribution is -0.385. The molecule has 0 aliphatic carbocycles. The van der Waals surface area contributed by atoms with Crippen molar-refractivity contribution in [3.8, 4) is 24.3 Å². The maximum atomic E-state index is 12.3. The van der Waals surface area contributed by atoms with Crippen molar-refractivity contribution in [1.82, 2.24) is 0 Å². The zero-order valence-corrected chi connectivity index (χ0v) is 43.3. The maximum absolute atomic E-state index is 12.3. The molecule has 0 saturated heterocycles. The van der Waals surface area contributed by atoms with Gasteiger partial charge < -0.3 is 0 Å². The molecular weight excluding hydrogens is 990 g/mol. The first-order chi connectivity index (χ1) is 36.5. The molecule has 0 fully saturated rings. The summed E-state index contributed by atoms with van der Waals surface area (Å²) in [5.74, 6) is -2.76. The highest BCUT2D eigenvalue weighted by atomic mass is 19.2. The van der Waals surface area contributed by atoms with E-state index in [1.165, 1.54) is 54.1 Å². The molecule has 16 heteroatoms. The number of halogens is 5. The maximum Gasteiger partial charge on any atom is 0.272 e. The van der Waals surface area contributed by atoms with Crippen LogP contribution in [0.2, 0.25) is 0 Å². The summed E-state index contributed by atoms with van der Waals surface area (Å²) in [6, 6.07) is 52.5. The molecule has 0 heterocycles. The lowest BCUT2D eigenvalue weighted by Crippen LogP contribution is -1.89. The van der Waals surface area contributed by atoms with Crippen molar-refractivity contribution < 1.29 is 31.8 Å². The van der Waals surface area contributed by atoms with E-state index in [-0.39, 0.29) is 22.1 Å². The number of nitrogens with zero attached hydrogens (tertiary/aromatic N) is 7. The fourth-order valence-corrected chi connectivity index (χ4v) is 5.41. The molecule has 0 aliphatic heterocycles. The second-order valence-corrected chi connectivity index (χ2v) is 16.2. The van der Waals surface area contributed by atoms with Crippen LogP contribution < -0.4 is 0 Å². The summed E-state index contributed by atoms with van der Waals surface area (Å²) >= 11 is 0. The molecule has 0 bridgehead atoms. The van der Waals surface area contributed by atoms with E-state index in [0.29, 0.717) is 33.5 Å². The molecule has 0 saturated carbocycles. The van der Waals surface area contributed by atoms with Crippen LogP contribution in [0, 0.1) is 157 Å². The Hall–Kier alpha value is -10.3. The Kier molecular flexibility index (Phi) is 29.3. The van der Waals surface area contributed by atoms with Crippen LogP contribution in [0.25, 0.3) is 4.85 Å². The molecule has 0 radical (unpaired) electrons. The average molecular weight is 1040 g/mol. The van der Waals surface area contributed by atoms with Gasteiger partial charge in [-0.1, -0.05) is 95.6 Å². The van der Waals surface area contributed by atoms with E-state index in [2.05, 4.69) is 10.9 Å². The number of non-ortho nitro benzene ring substituents is 1. The summed E-state index contributed by atoms with van der Waals surface area (Å²) in [5, 5.41) is 54.3. The smallest absolute Gasteiger partial charge is 0.258 e. The number of para-hydroxylation sites is 1. The van der Waals surface area contributed by atoms with Gasteiger partial charge in [-0.15, -0.1) is 0 Å².